The normalized spacial score (nSPS) is 10.1. The maximum absolute atomic E-state index is 12.3. The van der Waals surface area contributed by atoms with Gasteiger partial charge in [-0.1, -0.05) is 29.8 Å². The summed E-state index contributed by atoms with van der Waals surface area (Å²) in [7, 11) is 1.60. The number of likely N-dealkylation sites (N-methyl/N-ethyl adjacent to an activating group) is 1. The topological polar surface area (TPSA) is 78.5 Å². The Morgan fingerprint density at radius 3 is 2.00 bits per heavy atom. The van der Waals surface area contributed by atoms with Crippen molar-refractivity contribution in [2.75, 3.05) is 24.2 Å². The second kappa shape index (κ2) is 8.80. The van der Waals surface area contributed by atoms with Crippen molar-refractivity contribution in [3.05, 3.63) is 59.7 Å². The second-order valence-electron chi connectivity index (χ2n) is 6.22. The van der Waals surface area contributed by atoms with Gasteiger partial charge in [0.15, 0.2) is 0 Å². The van der Waals surface area contributed by atoms with Crippen LogP contribution in [0.5, 0.6) is 0 Å². The van der Waals surface area contributed by atoms with Gasteiger partial charge in [-0.25, -0.2) is 0 Å². The first kappa shape index (κ1) is 19.2. The number of amides is 3. The molecule has 0 spiro atoms. The van der Waals surface area contributed by atoms with E-state index < -0.39 is 0 Å². The number of benzene rings is 2. The molecule has 136 valence electrons. The molecule has 0 aliphatic rings. The molecule has 2 aromatic carbocycles. The molecule has 2 aromatic rings. The number of carbonyl (C=O) groups is 3. The van der Waals surface area contributed by atoms with E-state index in [1.54, 1.807) is 31.3 Å². The number of hydrogen-bond donors (Lipinski definition) is 2. The Kier molecular flexibility index (Phi) is 6.49. The number of aryl methyl sites for hydroxylation is 1. The van der Waals surface area contributed by atoms with Crippen LogP contribution in [0.1, 0.15) is 18.1 Å². The summed E-state index contributed by atoms with van der Waals surface area (Å²) in [6.45, 7) is 3.39. The molecular formula is C20H23N3O3. The lowest BCUT2D eigenvalue weighted by molar-refractivity contribution is -0.132. The zero-order chi connectivity index (χ0) is 19.1. The predicted octanol–water partition coefficient (Wildman–Crippen LogP) is 2.59. The molecule has 6 nitrogen and oxygen atoms in total. The Bertz CT molecular complexity index is 783. The Hall–Kier alpha value is -3.15. The average Bonchev–Trinajstić information content (AvgIpc) is 2.58. The highest BCUT2D eigenvalue weighted by Crippen LogP contribution is 2.11. The Labute approximate surface area is 153 Å². The van der Waals surface area contributed by atoms with Gasteiger partial charge in [-0.2, -0.15) is 0 Å². The van der Waals surface area contributed by atoms with Crippen molar-refractivity contribution in [3.63, 3.8) is 0 Å². The summed E-state index contributed by atoms with van der Waals surface area (Å²) in [5.41, 5.74) is 3.31. The third-order valence-corrected chi connectivity index (χ3v) is 3.77. The lowest BCUT2D eigenvalue weighted by Gasteiger charge is -2.17. The van der Waals surface area contributed by atoms with Gasteiger partial charge >= 0.3 is 0 Å². The first-order valence-corrected chi connectivity index (χ1v) is 8.30. The molecule has 0 aliphatic heterocycles. The van der Waals surface area contributed by atoms with Crippen molar-refractivity contribution in [1.29, 1.82) is 0 Å². The van der Waals surface area contributed by atoms with E-state index in [4.69, 9.17) is 0 Å². The summed E-state index contributed by atoms with van der Waals surface area (Å²) in [6.07, 6.45) is 0.189. The smallest absolute Gasteiger partial charge is 0.243 e. The highest BCUT2D eigenvalue weighted by molar-refractivity contribution is 5.94. The zero-order valence-electron chi connectivity index (χ0n) is 15.2. The maximum Gasteiger partial charge on any atom is 0.243 e. The Balaban J connectivity index is 1.85. The van der Waals surface area contributed by atoms with Crippen molar-refractivity contribution in [2.45, 2.75) is 20.3 Å². The number of anilines is 2. The van der Waals surface area contributed by atoms with Gasteiger partial charge in [0, 0.05) is 25.3 Å². The standard InChI is InChI=1S/C20H23N3O3/c1-14-4-8-18(9-5-14)22-19(25)13-23(3)20(26)12-16-6-10-17(11-7-16)21-15(2)24/h4-11H,12-13H2,1-3H3,(H,21,24)(H,22,25). The van der Waals surface area contributed by atoms with Crippen LogP contribution in [0.4, 0.5) is 11.4 Å². The minimum absolute atomic E-state index is 0.0172. The van der Waals surface area contributed by atoms with E-state index in [0.29, 0.717) is 11.4 Å². The molecule has 0 saturated heterocycles. The van der Waals surface area contributed by atoms with Crippen LogP contribution >= 0.6 is 0 Å². The fraction of sp³-hybridized carbons (Fsp3) is 0.250. The fourth-order valence-corrected chi connectivity index (χ4v) is 2.36. The third kappa shape index (κ3) is 6.05. The molecule has 0 unspecified atom stereocenters. The number of nitrogens with one attached hydrogen (secondary N) is 2. The van der Waals surface area contributed by atoms with E-state index >= 15 is 0 Å². The van der Waals surface area contributed by atoms with Crippen molar-refractivity contribution >= 4 is 29.1 Å². The average molecular weight is 353 g/mol. The predicted molar refractivity (Wildman–Crippen MR) is 102 cm³/mol. The first-order chi connectivity index (χ1) is 12.3. The van der Waals surface area contributed by atoms with Crippen molar-refractivity contribution in [1.82, 2.24) is 4.90 Å². The maximum atomic E-state index is 12.3. The molecule has 0 atom stereocenters. The first-order valence-electron chi connectivity index (χ1n) is 8.30. The minimum Gasteiger partial charge on any atom is -0.336 e. The van der Waals surface area contributed by atoms with Gasteiger partial charge in [-0.3, -0.25) is 14.4 Å². The van der Waals surface area contributed by atoms with Crippen LogP contribution in [0, 0.1) is 6.92 Å². The molecular weight excluding hydrogens is 330 g/mol. The lowest BCUT2D eigenvalue weighted by Crippen LogP contribution is -2.35. The summed E-state index contributed by atoms with van der Waals surface area (Å²) in [5, 5.41) is 5.44. The molecule has 2 rings (SSSR count). The van der Waals surface area contributed by atoms with Crippen LogP contribution in [0.2, 0.25) is 0 Å². The molecule has 0 aliphatic carbocycles. The molecule has 0 aromatic heterocycles. The fourth-order valence-electron chi connectivity index (χ4n) is 2.36. The molecule has 0 bridgehead atoms. The lowest BCUT2D eigenvalue weighted by atomic mass is 10.1. The van der Waals surface area contributed by atoms with Gasteiger partial charge in [0.05, 0.1) is 13.0 Å². The summed E-state index contributed by atoms with van der Waals surface area (Å²) < 4.78 is 0. The van der Waals surface area contributed by atoms with Crippen molar-refractivity contribution < 1.29 is 14.4 Å². The quantitative estimate of drug-likeness (QED) is 0.838. The van der Waals surface area contributed by atoms with Gasteiger partial charge in [0.1, 0.15) is 0 Å². The number of carbonyl (C=O) groups excluding carboxylic acids is 3. The van der Waals surface area contributed by atoms with E-state index in [1.165, 1.54) is 11.8 Å². The number of nitrogens with zero attached hydrogens (tertiary/aromatic N) is 1. The van der Waals surface area contributed by atoms with Gasteiger partial charge in [0.2, 0.25) is 17.7 Å². The van der Waals surface area contributed by atoms with E-state index in [-0.39, 0.29) is 30.7 Å². The SMILES string of the molecule is CC(=O)Nc1ccc(CC(=O)N(C)CC(=O)Nc2ccc(C)cc2)cc1. The summed E-state index contributed by atoms with van der Waals surface area (Å²) >= 11 is 0. The highest BCUT2D eigenvalue weighted by atomic mass is 16.2. The Morgan fingerprint density at radius 2 is 1.42 bits per heavy atom. The van der Waals surface area contributed by atoms with Crippen LogP contribution in [-0.4, -0.2) is 36.2 Å². The van der Waals surface area contributed by atoms with Crippen molar-refractivity contribution in [2.24, 2.45) is 0 Å². The third-order valence-electron chi connectivity index (χ3n) is 3.77. The molecule has 0 heterocycles. The number of rotatable bonds is 6. The van der Waals surface area contributed by atoms with Gasteiger partial charge in [-0.15, -0.1) is 0 Å². The van der Waals surface area contributed by atoms with Gasteiger partial charge < -0.3 is 15.5 Å². The van der Waals surface area contributed by atoms with E-state index in [2.05, 4.69) is 10.6 Å². The zero-order valence-corrected chi connectivity index (χ0v) is 15.2. The largest absolute Gasteiger partial charge is 0.336 e. The van der Waals surface area contributed by atoms with Gasteiger partial charge in [-0.05, 0) is 36.8 Å². The molecule has 2 N–H and O–H groups in total. The molecule has 3 amide bonds. The van der Waals surface area contributed by atoms with E-state index in [9.17, 15) is 14.4 Å². The summed E-state index contributed by atoms with van der Waals surface area (Å²) in [6, 6.07) is 14.5. The highest BCUT2D eigenvalue weighted by Gasteiger charge is 2.13. The monoisotopic (exact) mass is 353 g/mol. The minimum atomic E-state index is -0.245. The Morgan fingerprint density at radius 1 is 0.885 bits per heavy atom. The van der Waals surface area contributed by atoms with Crippen LogP contribution in [0.3, 0.4) is 0 Å². The van der Waals surface area contributed by atoms with Gasteiger partial charge in [0.25, 0.3) is 0 Å². The second-order valence-corrected chi connectivity index (χ2v) is 6.22. The number of hydrogen-bond acceptors (Lipinski definition) is 3. The molecule has 6 heteroatoms. The molecule has 26 heavy (non-hydrogen) atoms. The van der Waals surface area contributed by atoms with Crippen LogP contribution in [-0.2, 0) is 20.8 Å². The van der Waals surface area contributed by atoms with Crippen LogP contribution in [0.15, 0.2) is 48.5 Å². The molecule has 0 radical (unpaired) electrons. The molecule has 0 saturated carbocycles. The van der Waals surface area contributed by atoms with E-state index in [0.717, 1.165) is 11.1 Å². The van der Waals surface area contributed by atoms with Crippen LogP contribution < -0.4 is 10.6 Å². The molecule has 0 fully saturated rings. The van der Waals surface area contributed by atoms with E-state index in [1.807, 2.05) is 31.2 Å². The summed E-state index contributed by atoms with van der Waals surface area (Å²) in [5.74, 6) is -0.546. The van der Waals surface area contributed by atoms with Crippen LogP contribution in [0.25, 0.3) is 0 Å². The van der Waals surface area contributed by atoms with Crippen molar-refractivity contribution in [3.8, 4) is 0 Å². The summed E-state index contributed by atoms with van der Waals surface area (Å²) in [4.78, 5) is 36.8.